The van der Waals surface area contributed by atoms with Gasteiger partial charge in [0.1, 0.15) is 5.00 Å². The van der Waals surface area contributed by atoms with Crippen LogP contribution in [-0.4, -0.2) is 80.6 Å². The van der Waals surface area contributed by atoms with Crippen molar-refractivity contribution in [3.63, 3.8) is 0 Å². The average Bonchev–Trinajstić information content (AvgIpc) is 3.38. The summed E-state index contributed by atoms with van der Waals surface area (Å²) in [5.41, 5.74) is 2.98. The summed E-state index contributed by atoms with van der Waals surface area (Å²) < 4.78 is 33.1. The molecule has 3 heterocycles. The number of carbonyl (C=O) groups is 3. The van der Waals surface area contributed by atoms with E-state index >= 15 is 0 Å². The Kier molecular flexibility index (Phi) is 9.84. The van der Waals surface area contributed by atoms with Gasteiger partial charge in [-0.05, 0) is 61.6 Å². The zero-order chi connectivity index (χ0) is 31.4. The molecule has 0 aliphatic carbocycles. The predicted molar refractivity (Wildman–Crippen MR) is 169 cm³/mol. The van der Waals surface area contributed by atoms with E-state index in [1.54, 1.807) is 21.0 Å². The smallest absolute Gasteiger partial charge is 0.310 e. The molecule has 1 atom stereocenters. The normalized spacial score (nSPS) is 17.5. The molecule has 0 bridgehead atoms. The van der Waals surface area contributed by atoms with Gasteiger partial charge in [0.15, 0.2) is 0 Å². The van der Waals surface area contributed by atoms with Gasteiger partial charge < -0.3 is 15.0 Å². The Hall–Kier alpha value is -3.58. The SMILES string of the molecule is CCOC(=O)C1CCCN(S(=O)(=O)c2ccc(C(=O)Nc3sc4c(c3C(=O)N(C)C)CCN(Cc3ccccc3)C4)cc2)C1. The van der Waals surface area contributed by atoms with Crippen molar-refractivity contribution >= 4 is 44.1 Å². The molecule has 2 amide bonds. The van der Waals surface area contributed by atoms with Crippen molar-refractivity contribution in [2.24, 2.45) is 5.92 Å². The molecule has 5 rings (SSSR count). The second-order valence-corrected chi connectivity index (χ2v) is 14.3. The lowest BCUT2D eigenvalue weighted by molar-refractivity contribution is -0.149. The van der Waals surface area contributed by atoms with Crippen molar-refractivity contribution in [2.45, 2.75) is 44.2 Å². The molecule has 1 unspecified atom stereocenters. The highest BCUT2D eigenvalue weighted by Crippen LogP contribution is 2.38. The van der Waals surface area contributed by atoms with Crippen molar-refractivity contribution in [1.82, 2.24) is 14.1 Å². The number of rotatable bonds is 9. The fourth-order valence-corrected chi connectivity index (χ4v) is 8.49. The van der Waals surface area contributed by atoms with Gasteiger partial charge >= 0.3 is 5.97 Å². The maximum absolute atomic E-state index is 13.4. The number of piperidine rings is 1. The molecule has 2 aliphatic rings. The van der Waals surface area contributed by atoms with Crippen LogP contribution in [-0.2, 0) is 39.1 Å². The minimum Gasteiger partial charge on any atom is -0.466 e. The molecule has 0 radical (unpaired) electrons. The maximum atomic E-state index is 13.4. The van der Waals surface area contributed by atoms with Gasteiger partial charge in [-0.1, -0.05) is 30.3 Å². The van der Waals surface area contributed by atoms with E-state index in [1.165, 1.54) is 50.4 Å². The Bertz CT molecular complexity index is 1620. The number of esters is 1. The van der Waals surface area contributed by atoms with Gasteiger partial charge in [-0.3, -0.25) is 19.3 Å². The van der Waals surface area contributed by atoms with E-state index in [4.69, 9.17) is 4.74 Å². The van der Waals surface area contributed by atoms with Crippen LogP contribution in [0, 0.1) is 5.92 Å². The Balaban J connectivity index is 1.32. The first-order valence-corrected chi connectivity index (χ1v) is 17.0. The van der Waals surface area contributed by atoms with Crippen LogP contribution < -0.4 is 5.32 Å². The number of nitrogens with zero attached hydrogens (tertiary/aromatic N) is 3. The first-order valence-electron chi connectivity index (χ1n) is 14.8. The van der Waals surface area contributed by atoms with Crippen LogP contribution >= 0.6 is 11.3 Å². The number of hydrogen-bond acceptors (Lipinski definition) is 8. The minimum atomic E-state index is -3.86. The molecule has 44 heavy (non-hydrogen) atoms. The van der Waals surface area contributed by atoms with E-state index < -0.39 is 21.8 Å². The summed E-state index contributed by atoms with van der Waals surface area (Å²) >= 11 is 1.42. The number of thiophene rings is 1. The summed E-state index contributed by atoms with van der Waals surface area (Å²) in [6.07, 6.45) is 1.84. The standard InChI is InChI=1S/C32H38N4O6S2/c1-4-42-32(39)24-11-8-17-36(20-24)44(40,41)25-14-12-23(13-15-25)29(37)33-30-28(31(38)34(2)3)26-16-18-35(21-27(26)43-30)19-22-9-6-5-7-10-22/h5-7,9-10,12-15,24H,4,8,11,16-21H2,1-3H3,(H,33,37). The quantitative estimate of drug-likeness (QED) is 0.349. The van der Waals surface area contributed by atoms with Gasteiger partial charge in [0.05, 0.1) is 23.0 Å². The molecule has 1 N–H and O–H groups in total. The molecule has 10 nitrogen and oxygen atoms in total. The van der Waals surface area contributed by atoms with Crippen LogP contribution in [0.4, 0.5) is 5.00 Å². The van der Waals surface area contributed by atoms with E-state index in [1.807, 2.05) is 18.2 Å². The zero-order valence-corrected chi connectivity index (χ0v) is 26.9. The summed E-state index contributed by atoms with van der Waals surface area (Å²) in [6.45, 7) is 4.63. The summed E-state index contributed by atoms with van der Waals surface area (Å²) in [5, 5.41) is 3.43. The highest BCUT2D eigenvalue weighted by molar-refractivity contribution is 7.89. The van der Waals surface area contributed by atoms with Crippen LogP contribution in [0.25, 0.3) is 0 Å². The molecule has 2 aliphatic heterocycles. The average molecular weight is 639 g/mol. The molecular formula is C32H38N4O6S2. The number of carbonyl (C=O) groups excluding carboxylic acids is 3. The van der Waals surface area contributed by atoms with Gasteiger partial charge in [0.2, 0.25) is 10.0 Å². The van der Waals surface area contributed by atoms with E-state index in [9.17, 15) is 22.8 Å². The van der Waals surface area contributed by atoms with E-state index in [2.05, 4.69) is 22.3 Å². The fraction of sp³-hybridized carbons (Fsp3) is 0.406. The second-order valence-electron chi connectivity index (χ2n) is 11.3. The molecule has 0 saturated carbocycles. The van der Waals surface area contributed by atoms with Crippen LogP contribution in [0.1, 0.15) is 56.5 Å². The predicted octanol–water partition coefficient (Wildman–Crippen LogP) is 4.22. The molecule has 1 saturated heterocycles. The summed E-state index contributed by atoms with van der Waals surface area (Å²) in [7, 11) is -0.474. The van der Waals surface area contributed by atoms with Crippen LogP contribution in [0.3, 0.4) is 0 Å². The first kappa shape index (κ1) is 31.8. The van der Waals surface area contributed by atoms with Crippen molar-refractivity contribution in [2.75, 3.05) is 45.7 Å². The second kappa shape index (κ2) is 13.6. The third kappa shape index (κ3) is 6.88. The maximum Gasteiger partial charge on any atom is 0.310 e. The lowest BCUT2D eigenvalue weighted by atomic mass is 10.0. The summed E-state index contributed by atoms with van der Waals surface area (Å²) in [4.78, 5) is 43.8. The van der Waals surface area contributed by atoms with E-state index in [0.29, 0.717) is 42.9 Å². The van der Waals surface area contributed by atoms with Crippen LogP contribution in [0.2, 0.25) is 0 Å². The molecule has 3 aromatic rings. The van der Waals surface area contributed by atoms with Crippen LogP contribution in [0.5, 0.6) is 0 Å². The van der Waals surface area contributed by atoms with Crippen molar-refractivity contribution in [3.8, 4) is 0 Å². The van der Waals surface area contributed by atoms with Gasteiger partial charge in [-0.15, -0.1) is 11.3 Å². The van der Waals surface area contributed by atoms with Gasteiger partial charge in [-0.25, -0.2) is 8.42 Å². The number of fused-ring (bicyclic) bond motifs is 1. The van der Waals surface area contributed by atoms with Gasteiger partial charge in [-0.2, -0.15) is 4.31 Å². The molecule has 2 aromatic carbocycles. The topological polar surface area (TPSA) is 116 Å². The Morgan fingerprint density at radius 2 is 1.77 bits per heavy atom. The highest BCUT2D eigenvalue weighted by Gasteiger charge is 2.34. The van der Waals surface area contributed by atoms with Crippen molar-refractivity contribution < 1.29 is 27.5 Å². The number of amides is 2. The third-order valence-electron chi connectivity index (χ3n) is 7.99. The minimum absolute atomic E-state index is 0.0483. The number of ether oxygens (including phenoxy) is 1. The number of sulfonamides is 1. The Morgan fingerprint density at radius 3 is 2.45 bits per heavy atom. The summed E-state index contributed by atoms with van der Waals surface area (Å²) in [5.74, 6) is -1.48. The molecule has 1 fully saturated rings. The summed E-state index contributed by atoms with van der Waals surface area (Å²) in [6, 6.07) is 16.0. The molecule has 1 aromatic heterocycles. The van der Waals surface area contributed by atoms with Gasteiger partial charge in [0, 0.05) is 57.3 Å². The van der Waals surface area contributed by atoms with Crippen LogP contribution in [0.15, 0.2) is 59.5 Å². The number of nitrogens with one attached hydrogen (secondary N) is 1. The lowest BCUT2D eigenvalue weighted by Gasteiger charge is -2.30. The van der Waals surface area contributed by atoms with Gasteiger partial charge in [0.25, 0.3) is 11.8 Å². The first-order chi connectivity index (χ1) is 21.1. The van der Waals surface area contributed by atoms with E-state index in [-0.39, 0.29) is 35.5 Å². The number of hydrogen-bond donors (Lipinski definition) is 1. The molecule has 0 spiro atoms. The molecular weight excluding hydrogens is 601 g/mol. The number of anilines is 1. The third-order valence-corrected chi connectivity index (χ3v) is 11.0. The molecule has 234 valence electrons. The Labute approximate surface area is 262 Å². The van der Waals surface area contributed by atoms with E-state index in [0.717, 1.165) is 23.5 Å². The molecule has 12 heteroatoms. The number of benzene rings is 2. The monoisotopic (exact) mass is 638 g/mol. The fourth-order valence-electron chi connectivity index (χ4n) is 5.69. The zero-order valence-electron chi connectivity index (χ0n) is 25.2. The Morgan fingerprint density at radius 1 is 1.05 bits per heavy atom. The highest BCUT2D eigenvalue weighted by atomic mass is 32.2. The van der Waals surface area contributed by atoms with Crippen molar-refractivity contribution in [3.05, 3.63) is 81.7 Å². The largest absolute Gasteiger partial charge is 0.466 e. The van der Waals surface area contributed by atoms with Crippen molar-refractivity contribution in [1.29, 1.82) is 0 Å². The lowest BCUT2D eigenvalue weighted by Crippen LogP contribution is -2.42.